The normalized spacial score (nSPS) is 29.1. The fourth-order valence-electron chi connectivity index (χ4n) is 4.29. The number of rotatable bonds is 4. The van der Waals surface area contributed by atoms with Gasteiger partial charge in [-0.2, -0.15) is 0 Å². The summed E-state index contributed by atoms with van der Waals surface area (Å²) in [7, 11) is 0. The Bertz CT molecular complexity index is 516. The van der Waals surface area contributed by atoms with Gasteiger partial charge in [0.1, 0.15) is 12.4 Å². The Morgan fingerprint density at radius 1 is 1.27 bits per heavy atom. The van der Waals surface area contributed by atoms with Crippen LogP contribution in [0, 0.1) is 19.3 Å². The third-order valence-corrected chi connectivity index (χ3v) is 5.54. The number of aliphatic hydroxyl groups excluding tert-OH is 1. The molecule has 3 nitrogen and oxygen atoms in total. The summed E-state index contributed by atoms with van der Waals surface area (Å²) in [6.07, 6.45) is 5.70. The van der Waals surface area contributed by atoms with Gasteiger partial charge in [0.25, 0.3) is 0 Å². The van der Waals surface area contributed by atoms with Crippen LogP contribution in [-0.4, -0.2) is 42.4 Å². The molecule has 3 heteroatoms. The SMILES string of the molecule is Cc1ccc(OCCN2CCC[C@]3(CCC[C@H]3O)C2)c(C)c1. The van der Waals surface area contributed by atoms with E-state index in [-0.39, 0.29) is 11.5 Å². The largest absolute Gasteiger partial charge is 0.492 e. The standard InChI is InChI=1S/C19H29NO2/c1-15-6-7-17(16(2)13-15)22-12-11-20-10-4-9-19(14-20)8-3-5-18(19)21/h6-7,13,18,21H,3-5,8-12,14H2,1-2H3/t18-,19-/m1/s1. The maximum absolute atomic E-state index is 10.3. The zero-order valence-corrected chi connectivity index (χ0v) is 14.0. The quantitative estimate of drug-likeness (QED) is 0.926. The Kier molecular flexibility index (Phi) is 4.74. The minimum absolute atomic E-state index is 0.0874. The van der Waals surface area contributed by atoms with Crippen LogP contribution in [-0.2, 0) is 0 Å². The Morgan fingerprint density at radius 3 is 2.82 bits per heavy atom. The van der Waals surface area contributed by atoms with Gasteiger partial charge >= 0.3 is 0 Å². The van der Waals surface area contributed by atoms with E-state index in [9.17, 15) is 5.11 Å². The second-order valence-electron chi connectivity index (χ2n) is 7.27. The van der Waals surface area contributed by atoms with E-state index < -0.39 is 0 Å². The van der Waals surface area contributed by atoms with Crippen molar-refractivity contribution in [1.82, 2.24) is 4.90 Å². The molecule has 1 saturated heterocycles. The molecule has 1 N–H and O–H groups in total. The van der Waals surface area contributed by atoms with E-state index in [0.717, 1.165) is 38.4 Å². The summed E-state index contributed by atoms with van der Waals surface area (Å²) >= 11 is 0. The third-order valence-electron chi connectivity index (χ3n) is 5.54. The van der Waals surface area contributed by atoms with Crippen molar-refractivity contribution in [3.05, 3.63) is 29.3 Å². The van der Waals surface area contributed by atoms with Gasteiger partial charge in [0.2, 0.25) is 0 Å². The number of ether oxygens (including phenoxy) is 1. The van der Waals surface area contributed by atoms with E-state index in [1.165, 1.54) is 36.8 Å². The number of aliphatic hydroxyl groups is 1. The molecule has 2 atom stereocenters. The lowest BCUT2D eigenvalue weighted by Gasteiger charge is -2.42. The van der Waals surface area contributed by atoms with Gasteiger partial charge in [0, 0.05) is 18.5 Å². The van der Waals surface area contributed by atoms with E-state index in [1.54, 1.807) is 0 Å². The summed E-state index contributed by atoms with van der Waals surface area (Å²) in [5, 5.41) is 10.3. The van der Waals surface area contributed by atoms with Crippen molar-refractivity contribution in [1.29, 1.82) is 0 Å². The van der Waals surface area contributed by atoms with E-state index in [1.807, 2.05) is 0 Å². The van der Waals surface area contributed by atoms with Crippen LogP contribution in [0.5, 0.6) is 5.75 Å². The van der Waals surface area contributed by atoms with Gasteiger partial charge in [-0.05, 0) is 57.7 Å². The van der Waals surface area contributed by atoms with Crippen molar-refractivity contribution in [2.45, 2.75) is 52.1 Å². The van der Waals surface area contributed by atoms with Gasteiger partial charge in [0.05, 0.1) is 6.10 Å². The topological polar surface area (TPSA) is 32.7 Å². The van der Waals surface area contributed by atoms with Crippen LogP contribution in [0.3, 0.4) is 0 Å². The lowest BCUT2D eigenvalue weighted by Crippen LogP contribution is -2.48. The number of hydrogen-bond acceptors (Lipinski definition) is 3. The fraction of sp³-hybridized carbons (Fsp3) is 0.684. The lowest BCUT2D eigenvalue weighted by atomic mass is 9.77. The highest BCUT2D eigenvalue weighted by Gasteiger charge is 2.44. The monoisotopic (exact) mass is 303 g/mol. The van der Waals surface area contributed by atoms with Gasteiger partial charge in [0.15, 0.2) is 0 Å². The van der Waals surface area contributed by atoms with Gasteiger partial charge in [-0.15, -0.1) is 0 Å². The highest BCUT2D eigenvalue weighted by atomic mass is 16.5. The molecule has 1 aromatic rings. The second-order valence-corrected chi connectivity index (χ2v) is 7.27. The van der Waals surface area contributed by atoms with Gasteiger partial charge < -0.3 is 9.84 Å². The number of benzene rings is 1. The van der Waals surface area contributed by atoms with E-state index in [2.05, 4.69) is 36.9 Å². The van der Waals surface area contributed by atoms with Crippen molar-refractivity contribution in [3.8, 4) is 5.75 Å². The molecule has 3 rings (SSSR count). The maximum Gasteiger partial charge on any atom is 0.122 e. The zero-order chi connectivity index (χ0) is 15.6. The minimum Gasteiger partial charge on any atom is -0.492 e. The molecule has 22 heavy (non-hydrogen) atoms. The first-order valence-corrected chi connectivity index (χ1v) is 8.70. The first kappa shape index (κ1) is 15.8. The lowest BCUT2D eigenvalue weighted by molar-refractivity contribution is -0.0123. The molecule has 0 bridgehead atoms. The van der Waals surface area contributed by atoms with Crippen molar-refractivity contribution in [2.24, 2.45) is 5.41 Å². The smallest absolute Gasteiger partial charge is 0.122 e. The summed E-state index contributed by atoms with van der Waals surface area (Å²) in [6, 6.07) is 6.34. The molecule has 1 spiro atoms. The molecular formula is C19H29NO2. The van der Waals surface area contributed by atoms with Crippen LogP contribution in [0.15, 0.2) is 18.2 Å². The molecule has 1 aromatic carbocycles. The summed E-state index contributed by atoms with van der Waals surface area (Å²) in [4.78, 5) is 2.49. The van der Waals surface area contributed by atoms with Gasteiger partial charge in [-0.1, -0.05) is 24.1 Å². The highest BCUT2D eigenvalue weighted by molar-refractivity contribution is 5.35. The molecule has 0 aromatic heterocycles. The molecule has 0 radical (unpaired) electrons. The second kappa shape index (κ2) is 6.59. The average Bonchev–Trinajstić information content (AvgIpc) is 2.82. The van der Waals surface area contributed by atoms with Gasteiger partial charge in [-0.3, -0.25) is 4.90 Å². The molecule has 1 aliphatic heterocycles. The summed E-state index contributed by atoms with van der Waals surface area (Å²) in [5.41, 5.74) is 2.66. The molecule has 0 amide bonds. The van der Waals surface area contributed by atoms with E-state index in [4.69, 9.17) is 4.74 Å². The van der Waals surface area contributed by atoms with Gasteiger partial charge in [-0.25, -0.2) is 0 Å². The van der Waals surface area contributed by atoms with Crippen LogP contribution >= 0.6 is 0 Å². The van der Waals surface area contributed by atoms with Crippen molar-refractivity contribution in [3.63, 3.8) is 0 Å². The van der Waals surface area contributed by atoms with Crippen molar-refractivity contribution < 1.29 is 9.84 Å². The van der Waals surface area contributed by atoms with Crippen LogP contribution in [0.4, 0.5) is 0 Å². The van der Waals surface area contributed by atoms with E-state index in [0.29, 0.717) is 0 Å². The summed E-state index contributed by atoms with van der Waals surface area (Å²) in [5.74, 6) is 0.998. The van der Waals surface area contributed by atoms with Crippen LogP contribution in [0.2, 0.25) is 0 Å². The Labute approximate surface area is 134 Å². The molecular weight excluding hydrogens is 274 g/mol. The van der Waals surface area contributed by atoms with Crippen molar-refractivity contribution >= 4 is 0 Å². The zero-order valence-electron chi connectivity index (χ0n) is 14.0. The molecule has 1 saturated carbocycles. The number of piperidine rings is 1. The number of nitrogens with zero attached hydrogens (tertiary/aromatic N) is 1. The average molecular weight is 303 g/mol. The Morgan fingerprint density at radius 2 is 2.09 bits per heavy atom. The van der Waals surface area contributed by atoms with Crippen LogP contribution in [0.1, 0.15) is 43.2 Å². The molecule has 122 valence electrons. The predicted octanol–water partition coefficient (Wildman–Crippen LogP) is 3.31. The van der Waals surface area contributed by atoms with Crippen molar-refractivity contribution in [2.75, 3.05) is 26.2 Å². The number of aryl methyl sites for hydroxylation is 2. The first-order valence-electron chi connectivity index (χ1n) is 8.70. The highest BCUT2D eigenvalue weighted by Crippen LogP contribution is 2.44. The summed E-state index contributed by atoms with van der Waals surface area (Å²) in [6.45, 7) is 8.09. The molecule has 2 fully saturated rings. The number of likely N-dealkylation sites (tertiary alicyclic amines) is 1. The molecule has 0 unspecified atom stereocenters. The predicted molar refractivity (Wildman–Crippen MR) is 89.4 cm³/mol. The first-order chi connectivity index (χ1) is 10.6. The third kappa shape index (κ3) is 3.31. The Balaban J connectivity index is 1.51. The fourth-order valence-corrected chi connectivity index (χ4v) is 4.29. The van der Waals surface area contributed by atoms with E-state index >= 15 is 0 Å². The molecule has 1 aliphatic carbocycles. The van der Waals surface area contributed by atoms with Crippen LogP contribution < -0.4 is 4.74 Å². The molecule has 2 aliphatic rings. The molecule has 1 heterocycles. The van der Waals surface area contributed by atoms with Crippen LogP contribution in [0.25, 0.3) is 0 Å². The minimum atomic E-state index is -0.0874. The number of hydrogen-bond donors (Lipinski definition) is 1. The Hall–Kier alpha value is -1.06. The maximum atomic E-state index is 10.3. The summed E-state index contributed by atoms with van der Waals surface area (Å²) < 4.78 is 5.97.